The molecule has 0 heterocycles. The van der Waals surface area contributed by atoms with Crippen molar-refractivity contribution in [2.75, 3.05) is 19.0 Å². The zero-order valence-electron chi connectivity index (χ0n) is 22.4. The minimum absolute atomic E-state index is 0.0528. The van der Waals surface area contributed by atoms with E-state index < -0.39 is 23.6 Å². The molecule has 0 atom stereocenters. The summed E-state index contributed by atoms with van der Waals surface area (Å²) >= 11 is 0. The topological polar surface area (TPSA) is 100 Å². The Morgan fingerprint density at radius 1 is 0.805 bits per heavy atom. The van der Waals surface area contributed by atoms with E-state index in [2.05, 4.69) is 15.8 Å². The number of halogens is 1. The number of ether oxygens (including phenoxy) is 1. The summed E-state index contributed by atoms with van der Waals surface area (Å²) in [6.07, 6.45) is 2.86. The molecule has 0 fully saturated rings. The highest BCUT2D eigenvalue weighted by Gasteiger charge is 2.15. The van der Waals surface area contributed by atoms with Crippen LogP contribution in [-0.4, -0.2) is 38.1 Å². The van der Waals surface area contributed by atoms with Crippen molar-refractivity contribution in [1.82, 2.24) is 10.7 Å². The highest BCUT2D eigenvalue weighted by Crippen LogP contribution is 2.16. The second-order valence-electron chi connectivity index (χ2n) is 9.04. The number of hydrogen-bond acceptors (Lipinski definition) is 6. The molecular weight excluding hydrogens is 523 g/mol. The highest BCUT2D eigenvalue weighted by atomic mass is 19.1. The minimum Gasteiger partial charge on any atom is -0.423 e. The van der Waals surface area contributed by atoms with Crippen molar-refractivity contribution in [3.8, 4) is 5.75 Å². The Bertz CT molecular complexity index is 1600. The van der Waals surface area contributed by atoms with E-state index in [9.17, 15) is 18.8 Å². The van der Waals surface area contributed by atoms with Gasteiger partial charge < -0.3 is 15.0 Å². The Hall–Kier alpha value is -5.57. The molecule has 206 valence electrons. The lowest BCUT2D eigenvalue weighted by atomic mass is 10.1. The molecule has 0 bridgehead atoms. The fourth-order valence-electron chi connectivity index (χ4n) is 3.64. The van der Waals surface area contributed by atoms with Crippen molar-refractivity contribution in [1.29, 1.82) is 0 Å². The van der Waals surface area contributed by atoms with Crippen LogP contribution in [0.25, 0.3) is 6.08 Å². The monoisotopic (exact) mass is 550 g/mol. The number of esters is 1. The van der Waals surface area contributed by atoms with E-state index in [1.165, 1.54) is 30.5 Å². The first-order valence-corrected chi connectivity index (χ1v) is 12.6. The van der Waals surface area contributed by atoms with Crippen LogP contribution in [0.5, 0.6) is 5.75 Å². The lowest BCUT2D eigenvalue weighted by Gasteiger charge is -2.12. The van der Waals surface area contributed by atoms with Gasteiger partial charge in [0.05, 0.1) is 11.8 Å². The number of carbonyl (C=O) groups excluding carboxylic acids is 3. The molecule has 4 aromatic carbocycles. The summed E-state index contributed by atoms with van der Waals surface area (Å²) < 4.78 is 19.1. The van der Waals surface area contributed by atoms with Gasteiger partial charge in [-0.3, -0.25) is 9.59 Å². The Morgan fingerprint density at radius 3 is 2.22 bits per heavy atom. The van der Waals surface area contributed by atoms with Gasteiger partial charge in [0.15, 0.2) is 0 Å². The lowest BCUT2D eigenvalue weighted by molar-refractivity contribution is -0.117. The quantitative estimate of drug-likeness (QED) is 0.100. The van der Waals surface area contributed by atoms with Crippen LogP contribution in [0.15, 0.2) is 114 Å². The Kier molecular flexibility index (Phi) is 9.35. The van der Waals surface area contributed by atoms with Gasteiger partial charge in [0.25, 0.3) is 11.8 Å². The fourth-order valence-corrected chi connectivity index (χ4v) is 3.64. The average Bonchev–Trinajstić information content (AvgIpc) is 2.97. The molecule has 0 radical (unpaired) electrons. The zero-order chi connectivity index (χ0) is 29.2. The first-order chi connectivity index (χ1) is 19.8. The van der Waals surface area contributed by atoms with E-state index in [4.69, 9.17) is 4.74 Å². The third-order valence-corrected chi connectivity index (χ3v) is 5.76. The van der Waals surface area contributed by atoms with Crippen molar-refractivity contribution in [3.05, 3.63) is 137 Å². The number of amides is 2. The van der Waals surface area contributed by atoms with E-state index in [1.807, 2.05) is 31.1 Å². The van der Waals surface area contributed by atoms with Crippen molar-refractivity contribution >= 4 is 35.8 Å². The number of nitrogens with zero attached hydrogens (tertiary/aromatic N) is 2. The molecule has 0 saturated heterocycles. The maximum atomic E-state index is 13.7. The van der Waals surface area contributed by atoms with Gasteiger partial charge in [0, 0.05) is 25.3 Å². The summed E-state index contributed by atoms with van der Waals surface area (Å²) in [6.45, 7) is 0. The molecule has 0 spiro atoms. The number of hydrazone groups is 1. The molecule has 0 aliphatic carbocycles. The number of nitrogens with one attached hydrogen (secondary N) is 2. The highest BCUT2D eigenvalue weighted by molar-refractivity contribution is 6.05. The predicted octanol–water partition coefficient (Wildman–Crippen LogP) is 5.03. The maximum absolute atomic E-state index is 13.7. The van der Waals surface area contributed by atoms with Gasteiger partial charge in [-0.05, 0) is 71.8 Å². The van der Waals surface area contributed by atoms with Crippen molar-refractivity contribution in [2.24, 2.45) is 5.10 Å². The van der Waals surface area contributed by atoms with E-state index in [-0.39, 0.29) is 11.3 Å². The Balaban J connectivity index is 1.49. The maximum Gasteiger partial charge on any atom is 0.343 e. The van der Waals surface area contributed by atoms with Gasteiger partial charge in [-0.15, -0.1) is 0 Å². The molecule has 0 aromatic heterocycles. The molecule has 8 nitrogen and oxygen atoms in total. The molecule has 0 saturated carbocycles. The third kappa shape index (κ3) is 8.21. The first-order valence-electron chi connectivity index (χ1n) is 12.6. The largest absolute Gasteiger partial charge is 0.423 e. The molecule has 9 heteroatoms. The van der Waals surface area contributed by atoms with Crippen LogP contribution in [0.2, 0.25) is 0 Å². The summed E-state index contributed by atoms with van der Waals surface area (Å²) in [5.74, 6) is -2.14. The second kappa shape index (κ2) is 13.5. The smallest absolute Gasteiger partial charge is 0.343 e. The lowest BCUT2D eigenvalue weighted by Crippen LogP contribution is -2.32. The number of benzene rings is 4. The molecule has 41 heavy (non-hydrogen) atoms. The molecule has 2 amide bonds. The fraction of sp³-hybridized carbons (Fsp3) is 0.0625. The second-order valence-corrected chi connectivity index (χ2v) is 9.04. The van der Waals surface area contributed by atoms with Crippen molar-refractivity contribution in [3.63, 3.8) is 0 Å². The van der Waals surface area contributed by atoms with Crippen molar-refractivity contribution < 1.29 is 23.5 Å². The van der Waals surface area contributed by atoms with Crippen LogP contribution in [0.3, 0.4) is 0 Å². The van der Waals surface area contributed by atoms with Crippen LogP contribution in [0.1, 0.15) is 31.8 Å². The van der Waals surface area contributed by atoms with Gasteiger partial charge >= 0.3 is 5.97 Å². The van der Waals surface area contributed by atoms with Crippen LogP contribution in [0.4, 0.5) is 10.1 Å². The number of anilines is 1. The molecule has 0 unspecified atom stereocenters. The van der Waals surface area contributed by atoms with Crippen LogP contribution >= 0.6 is 0 Å². The van der Waals surface area contributed by atoms with E-state index in [0.717, 1.165) is 11.8 Å². The first kappa shape index (κ1) is 28.4. The van der Waals surface area contributed by atoms with Gasteiger partial charge in [0.1, 0.15) is 17.3 Å². The van der Waals surface area contributed by atoms with E-state index in [0.29, 0.717) is 22.4 Å². The van der Waals surface area contributed by atoms with E-state index in [1.54, 1.807) is 66.7 Å². The van der Waals surface area contributed by atoms with Gasteiger partial charge in [-0.2, -0.15) is 5.10 Å². The zero-order valence-corrected chi connectivity index (χ0v) is 22.4. The van der Waals surface area contributed by atoms with Gasteiger partial charge in [-0.1, -0.05) is 48.5 Å². The summed E-state index contributed by atoms with van der Waals surface area (Å²) in [5, 5.41) is 6.53. The van der Waals surface area contributed by atoms with Crippen molar-refractivity contribution in [2.45, 2.75) is 0 Å². The Labute approximate surface area is 236 Å². The minimum atomic E-state index is -0.700. The standard InChI is InChI=1S/C32H27FN4O4/c1-37(2)27-16-14-22(15-17-27)19-29(35-30(38)25-11-7-12-26(33)20-25)31(39)36-34-21-23-8-6-13-28(18-23)41-32(40)24-9-4-3-5-10-24/h3-21H,1-2H3,(H,35,38)(H,36,39)/b29-19-,34-21+. The number of hydrogen-bond donors (Lipinski definition) is 2. The molecule has 4 aromatic rings. The predicted molar refractivity (Wildman–Crippen MR) is 156 cm³/mol. The average molecular weight is 551 g/mol. The van der Waals surface area contributed by atoms with Gasteiger partial charge in [-0.25, -0.2) is 14.6 Å². The van der Waals surface area contributed by atoms with Crippen LogP contribution in [-0.2, 0) is 4.79 Å². The molecule has 4 rings (SSSR count). The number of rotatable bonds is 9. The molecule has 0 aliphatic rings. The Morgan fingerprint density at radius 2 is 1.51 bits per heavy atom. The van der Waals surface area contributed by atoms with Gasteiger partial charge in [0.2, 0.25) is 0 Å². The van der Waals surface area contributed by atoms with E-state index >= 15 is 0 Å². The number of carbonyl (C=O) groups is 3. The summed E-state index contributed by atoms with van der Waals surface area (Å²) in [7, 11) is 3.81. The third-order valence-electron chi connectivity index (χ3n) is 5.76. The summed E-state index contributed by atoms with van der Waals surface area (Å²) in [4.78, 5) is 40.1. The molecule has 2 N–H and O–H groups in total. The van der Waals surface area contributed by atoms with Crippen LogP contribution in [0, 0.1) is 5.82 Å². The molecule has 0 aliphatic heterocycles. The normalized spacial score (nSPS) is 11.1. The SMILES string of the molecule is CN(C)c1ccc(/C=C(\NC(=O)c2cccc(F)c2)C(=O)N/N=C/c2cccc(OC(=O)c3ccccc3)c2)cc1. The summed E-state index contributed by atoms with van der Waals surface area (Å²) in [5.41, 5.74) is 4.92. The van der Waals surface area contributed by atoms with Crippen LogP contribution < -0.4 is 20.4 Å². The summed E-state index contributed by atoms with van der Waals surface area (Å²) in [6, 6.07) is 27.7. The molecular formula is C32H27FN4O4.